The highest BCUT2D eigenvalue weighted by Gasteiger charge is 2.62. The third kappa shape index (κ3) is 6.66. The molecule has 1 aliphatic heterocycles. The van der Waals surface area contributed by atoms with Crippen LogP contribution in [0.5, 0.6) is 0 Å². The minimum Gasteiger partial charge on any atom is -0.444 e. The van der Waals surface area contributed by atoms with Crippen LogP contribution in [0.1, 0.15) is 67.2 Å². The van der Waals surface area contributed by atoms with Crippen LogP contribution in [0.2, 0.25) is 0 Å². The average molecular weight is 557 g/mol. The van der Waals surface area contributed by atoms with E-state index in [1.54, 1.807) is 41.5 Å². The number of amides is 4. The number of nitrogens with one attached hydrogen (secondary N) is 3. The maximum atomic E-state index is 13.6. The lowest BCUT2D eigenvalue weighted by molar-refractivity contribution is -0.143. The van der Waals surface area contributed by atoms with Crippen molar-refractivity contribution in [2.75, 3.05) is 6.54 Å². The predicted molar refractivity (Wildman–Crippen MR) is 138 cm³/mol. The second-order valence-corrected chi connectivity index (χ2v) is 14.5. The molecule has 0 unspecified atom stereocenters. The van der Waals surface area contributed by atoms with E-state index in [-0.39, 0.29) is 19.4 Å². The van der Waals surface area contributed by atoms with E-state index < -0.39 is 79.7 Å². The molecular weight excluding hydrogens is 516 g/mol. The van der Waals surface area contributed by atoms with E-state index in [0.29, 0.717) is 12.8 Å². The molecule has 1 heterocycles. The zero-order chi connectivity index (χ0) is 28.8. The van der Waals surface area contributed by atoms with Crippen molar-refractivity contribution in [3.8, 4) is 0 Å². The molecular formula is C25H40N4O8S. The fraction of sp³-hybridized carbons (Fsp3) is 0.760. The van der Waals surface area contributed by atoms with E-state index in [0.717, 1.165) is 0 Å². The smallest absolute Gasteiger partial charge is 0.408 e. The molecule has 4 amide bonds. The third-order valence-corrected chi connectivity index (χ3v) is 8.71. The largest absolute Gasteiger partial charge is 0.444 e. The lowest BCUT2D eigenvalue weighted by Gasteiger charge is -2.36. The van der Waals surface area contributed by atoms with E-state index >= 15 is 0 Å². The minimum atomic E-state index is -3.84. The standard InChI is InChI=1S/C25H40N4O8S/c1-8-14-12-25(14,21(33)28-38(35,36)16-9-10-16)27-19(31)17-11-15(30)13-29(17)20(32)18(23(2,3)4)26-22(34)37-24(5,6)7/h8,14-18,30H,1,9-13H2,2-7H3,(H,26,34)(H,27,31)(H,28,33)/t14-,15-,17+,18-,25-/m1/s1. The Hall–Kier alpha value is -2.67. The summed E-state index contributed by atoms with van der Waals surface area (Å²) >= 11 is 0. The summed E-state index contributed by atoms with van der Waals surface area (Å²) in [4.78, 5) is 53.8. The lowest BCUT2D eigenvalue weighted by Crippen LogP contribution is -2.60. The Bertz CT molecular complexity index is 1110. The predicted octanol–water partition coefficient (Wildman–Crippen LogP) is 0.557. The molecule has 4 N–H and O–H groups in total. The molecule has 12 nitrogen and oxygen atoms in total. The highest BCUT2D eigenvalue weighted by atomic mass is 32.2. The highest BCUT2D eigenvalue weighted by Crippen LogP contribution is 2.45. The number of ether oxygens (including phenoxy) is 1. The number of β-amino-alcohol motifs (C(OH)–C–C–N with tert-alkyl or cyclic N) is 1. The molecule has 2 saturated carbocycles. The monoisotopic (exact) mass is 556 g/mol. The molecule has 0 aromatic heterocycles. The second-order valence-electron chi connectivity index (χ2n) is 12.5. The summed E-state index contributed by atoms with van der Waals surface area (Å²) in [6.45, 7) is 13.8. The van der Waals surface area contributed by atoms with Crippen LogP contribution in [-0.2, 0) is 29.1 Å². The van der Waals surface area contributed by atoms with Gasteiger partial charge in [-0.25, -0.2) is 13.2 Å². The summed E-state index contributed by atoms with van der Waals surface area (Å²) in [5.74, 6) is -2.64. The van der Waals surface area contributed by atoms with Crippen LogP contribution in [0.4, 0.5) is 4.79 Å². The van der Waals surface area contributed by atoms with Crippen LogP contribution in [0.25, 0.3) is 0 Å². The second kappa shape index (κ2) is 10.1. The Morgan fingerprint density at radius 1 is 1.13 bits per heavy atom. The summed E-state index contributed by atoms with van der Waals surface area (Å²) in [7, 11) is -3.84. The average Bonchev–Trinajstić information content (AvgIpc) is 3.66. The molecule has 0 spiro atoms. The molecule has 13 heteroatoms. The molecule has 38 heavy (non-hydrogen) atoms. The lowest BCUT2D eigenvalue weighted by atomic mass is 9.85. The van der Waals surface area contributed by atoms with Crippen molar-refractivity contribution < 1.29 is 37.4 Å². The maximum Gasteiger partial charge on any atom is 0.408 e. The van der Waals surface area contributed by atoms with Gasteiger partial charge in [0.1, 0.15) is 23.2 Å². The SMILES string of the molecule is C=C[C@@H]1C[C@]1(NC(=O)[C@@H]1C[C@@H](O)CN1C(=O)[C@@H](NC(=O)OC(C)(C)C)C(C)(C)C)C(=O)NS(=O)(=O)C1CC1. The summed E-state index contributed by atoms with van der Waals surface area (Å²) in [6.07, 6.45) is 0.667. The molecule has 0 aromatic carbocycles. The molecule has 2 aliphatic carbocycles. The van der Waals surface area contributed by atoms with Crippen LogP contribution in [-0.4, -0.2) is 83.4 Å². The number of alkyl carbamates (subject to hydrolysis) is 1. The van der Waals surface area contributed by atoms with E-state index in [9.17, 15) is 32.7 Å². The van der Waals surface area contributed by atoms with Crippen LogP contribution < -0.4 is 15.4 Å². The van der Waals surface area contributed by atoms with Crippen LogP contribution in [0, 0.1) is 11.3 Å². The number of sulfonamides is 1. The molecule has 3 fully saturated rings. The van der Waals surface area contributed by atoms with Gasteiger partial charge in [-0.15, -0.1) is 6.58 Å². The van der Waals surface area contributed by atoms with Gasteiger partial charge in [-0.2, -0.15) is 0 Å². The van der Waals surface area contributed by atoms with Crippen molar-refractivity contribution in [3.05, 3.63) is 12.7 Å². The van der Waals surface area contributed by atoms with Gasteiger partial charge in [0, 0.05) is 18.9 Å². The number of carbonyl (C=O) groups excluding carboxylic acids is 4. The number of hydrogen-bond acceptors (Lipinski definition) is 8. The fourth-order valence-corrected chi connectivity index (χ4v) is 5.93. The van der Waals surface area contributed by atoms with Crippen LogP contribution in [0.3, 0.4) is 0 Å². The first kappa shape index (κ1) is 29.9. The summed E-state index contributed by atoms with van der Waals surface area (Å²) in [5, 5.41) is 15.0. The first-order valence-electron chi connectivity index (χ1n) is 12.8. The molecule has 0 radical (unpaired) electrons. The Morgan fingerprint density at radius 3 is 2.21 bits per heavy atom. The van der Waals surface area contributed by atoms with Gasteiger partial charge in [-0.05, 0) is 45.4 Å². The Balaban J connectivity index is 1.79. The van der Waals surface area contributed by atoms with E-state index in [4.69, 9.17) is 4.74 Å². The van der Waals surface area contributed by atoms with Crippen molar-refractivity contribution in [3.63, 3.8) is 0 Å². The van der Waals surface area contributed by atoms with E-state index in [1.165, 1.54) is 11.0 Å². The summed E-state index contributed by atoms with van der Waals surface area (Å²) < 4.78 is 32.1. The van der Waals surface area contributed by atoms with Crippen molar-refractivity contribution in [1.82, 2.24) is 20.3 Å². The molecule has 3 aliphatic rings. The van der Waals surface area contributed by atoms with E-state index in [1.807, 2.05) is 0 Å². The molecule has 5 atom stereocenters. The van der Waals surface area contributed by atoms with Gasteiger partial charge in [0.05, 0.1) is 11.4 Å². The Morgan fingerprint density at radius 2 is 1.74 bits per heavy atom. The minimum absolute atomic E-state index is 0.0856. The van der Waals surface area contributed by atoms with Gasteiger partial charge in [-0.3, -0.25) is 19.1 Å². The van der Waals surface area contributed by atoms with Crippen molar-refractivity contribution in [2.24, 2.45) is 11.3 Å². The normalized spacial score (nSPS) is 28.2. The Labute approximate surface area is 224 Å². The van der Waals surface area contributed by atoms with Gasteiger partial charge >= 0.3 is 6.09 Å². The summed E-state index contributed by atoms with van der Waals surface area (Å²) in [6, 6.07) is -2.22. The Kier molecular flexibility index (Phi) is 7.97. The van der Waals surface area contributed by atoms with E-state index in [2.05, 4.69) is 21.9 Å². The first-order chi connectivity index (χ1) is 17.3. The number of nitrogens with zero attached hydrogens (tertiary/aromatic N) is 1. The first-order valence-corrected chi connectivity index (χ1v) is 14.3. The number of aliphatic hydroxyl groups excluding tert-OH is 1. The zero-order valence-electron chi connectivity index (χ0n) is 22.9. The molecule has 3 rings (SSSR count). The molecule has 214 valence electrons. The van der Waals surface area contributed by atoms with Gasteiger partial charge < -0.3 is 25.4 Å². The highest BCUT2D eigenvalue weighted by molar-refractivity contribution is 7.91. The quantitative estimate of drug-likeness (QED) is 0.314. The van der Waals surface area contributed by atoms with Crippen molar-refractivity contribution >= 4 is 33.8 Å². The maximum absolute atomic E-state index is 13.6. The molecule has 1 saturated heterocycles. The van der Waals surface area contributed by atoms with Gasteiger partial charge in [-0.1, -0.05) is 26.8 Å². The van der Waals surface area contributed by atoms with Crippen LogP contribution in [0.15, 0.2) is 12.7 Å². The number of aliphatic hydroxyl groups is 1. The van der Waals surface area contributed by atoms with Crippen molar-refractivity contribution in [1.29, 1.82) is 0 Å². The number of rotatable bonds is 8. The van der Waals surface area contributed by atoms with Gasteiger partial charge in [0.25, 0.3) is 5.91 Å². The van der Waals surface area contributed by atoms with Gasteiger partial charge in [0.15, 0.2) is 0 Å². The number of likely N-dealkylation sites (tertiary alicyclic amines) is 1. The molecule has 0 bridgehead atoms. The molecule has 0 aromatic rings. The third-order valence-electron chi connectivity index (χ3n) is 6.89. The number of hydrogen-bond donors (Lipinski definition) is 4. The topological polar surface area (TPSA) is 171 Å². The summed E-state index contributed by atoms with van der Waals surface area (Å²) in [5.41, 5.74) is -3.08. The van der Waals surface area contributed by atoms with Gasteiger partial charge in [0.2, 0.25) is 21.8 Å². The van der Waals surface area contributed by atoms with Crippen molar-refractivity contribution in [2.45, 2.75) is 102 Å². The number of carbonyl (C=O) groups is 4. The fourth-order valence-electron chi connectivity index (χ4n) is 4.56. The van der Waals surface area contributed by atoms with Crippen LogP contribution >= 0.6 is 0 Å². The zero-order valence-corrected chi connectivity index (χ0v) is 23.7.